The van der Waals surface area contributed by atoms with E-state index in [-0.39, 0.29) is 18.0 Å². The van der Waals surface area contributed by atoms with E-state index in [1.54, 1.807) is 19.3 Å². The van der Waals surface area contributed by atoms with Crippen molar-refractivity contribution < 1.29 is 13.9 Å². The maximum Gasteiger partial charge on any atom is 0.256 e. The number of hydrogen-bond donors (Lipinski definition) is 2. The molecule has 0 spiro atoms. The number of H-pyrrole nitrogens is 1. The van der Waals surface area contributed by atoms with E-state index in [0.29, 0.717) is 40.2 Å². The summed E-state index contributed by atoms with van der Waals surface area (Å²) >= 11 is 0. The lowest BCUT2D eigenvalue weighted by atomic mass is 9.88. The van der Waals surface area contributed by atoms with Gasteiger partial charge in [0.15, 0.2) is 0 Å². The molecular weight excluding hydrogens is 456 g/mol. The van der Waals surface area contributed by atoms with Crippen molar-refractivity contribution in [3.8, 4) is 5.75 Å². The van der Waals surface area contributed by atoms with E-state index >= 15 is 0 Å². The van der Waals surface area contributed by atoms with Gasteiger partial charge in [-0.3, -0.25) is 9.59 Å². The molecule has 2 aromatic heterocycles. The van der Waals surface area contributed by atoms with Crippen LogP contribution < -0.4 is 20.5 Å². The van der Waals surface area contributed by atoms with E-state index in [1.807, 2.05) is 13.0 Å². The highest BCUT2D eigenvalue weighted by Crippen LogP contribution is 2.36. The Morgan fingerprint density at radius 2 is 1.86 bits per heavy atom. The smallest absolute Gasteiger partial charge is 0.256 e. The lowest BCUT2D eigenvalue weighted by molar-refractivity contribution is 0.0951. The van der Waals surface area contributed by atoms with Crippen LogP contribution in [0.3, 0.4) is 0 Å². The molecule has 0 atom stereocenters. The number of ether oxygens (including phenoxy) is 1. The Bertz CT molecular complexity index is 1280. The number of aromatic amines is 1. The lowest BCUT2D eigenvalue weighted by Gasteiger charge is -2.40. The number of rotatable bonds is 8. The molecule has 1 aromatic carbocycles. The van der Waals surface area contributed by atoms with Crippen molar-refractivity contribution in [1.82, 2.24) is 15.2 Å². The summed E-state index contributed by atoms with van der Waals surface area (Å²) in [6, 6.07) is 6.70. The first kappa shape index (κ1) is 25.8. The Balaban J connectivity index is 1.64. The Hall–Kier alpha value is -3.26. The predicted octanol–water partition coefficient (Wildman–Crippen LogP) is 4.38. The van der Waals surface area contributed by atoms with Gasteiger partial charge in [-0.2, -0.15) is 0 Å². The number of pyridine rings is 1. The highest BCUT2D eigenvalue weighted by molar-refractivity contribution is 6.09. The van der Waals surface area contributed by atoms with Crippen LogP contribution in [-0.2, 0) is 6.54 Å². The molecule has 194 valence electrons. The van der Waals surface area contributed by atoms with Gasteiger partial charge in [0.05, 0.1) is 31.0 Å². The first-order valence-electron chi connectivity index (χ1n) is 12.7. The molecule has 0 bridgehead atoms. The van der Waals surface area contributed by atoms with Crippen LogP contribution >= 0.6 is 0 Å². The fourth-order valence-corrected chi connectivity index (χ4v) is 5.60. The number of fused-ring (bicyclic) bond motifs is 1. The van der Waals surface area contributed by atoms with Gasteiger partial charge in [-0.25, -0.2) is 0 Å². The predicted molar refractivity (Wildman–Crippen MR) is 143 cm³/mol. The molecule has 1 aliphatic rings. The number of aromatic nitrogens is 1. The monoisotopic (exact) mass is 494 g/mol. The SMILES string of the molecule is CCN(c1cc2occc2c(C(=O)NCc2c(OC)cc(C)[nH]c2=O)c1C)[C@H]1CC[C@H](N(C)C)CC1. The molecule has 3 aromatic rings. The summed E-state index contributed by atoms with van der Waals surface area (Å²) in [4.78, 5) is 33.6. The van der Waals surface area contributed by atoms with Crippen molar-refractivity contribution in [3.05, 3.63) is 57.2 Å². The van der Waals surface area contributed by atoms with Crippen molar-refractivity contribution in [2.24, 2.45) is 0 Å². The van der Waals surface area contributed by atoms with Crippen molar-refractivity contribution in [3.63, 3.8) is 0 Å². The molecule has 0 radical (unpaired) electrons. The van der Waals surface area contributed by atoms with Crippen LogP contribution in [0.5, 0.6) is 5.75 Å². The minimum absolute atomic E-state index is 0.0622. The molecule has 4 rings (SSSR count). The molecule has 1 amide bonds. The van der Waals surface area contributed by atoms with Gasteiger partial charge >= 0.3 is 0 Å². The first-order chi connectivity index (χ1) is 17.2. The number of carbonyl (C=O) groups excluding carboxylic acids is 1. The number of nitrogens with zero attached hydrogens (tertiary/aromatic N) is 2. The molecule has 1 aliphatic carbocycles. The van der Waals surface area contributed by atoms with Gasteiger partial charge in [-0.1, -0.05) is 0 Å². The number of methoxy groups -OCH3 is 1. The Labute approximate surface area is 212 Å². The van der Waals surface area contributed by atoms with Crippen molar-refractivity contribution in [1.29, 1.82) is 0 Å². The van der Waals surface area contributed by atoms with Gasteiger partial charge in [0.25, 0.3) is 11.5 Å². The summed E-state index contributed by atoms with van der Waals surface area (Å²) in [7, 11) is 5.83. The van der Waals surface area contributed by atoms with Crippen LogP contribution in [0, 0.1) is 13.8 Å². The molecule has 0 unspecified atom stereocenters. The maximum absolute atomic E-state index is 13.6. The minimum Gasteiger partial charge on any atom is -0.496 e. The third-order valence-corrected chi connectivity index (χ3v) is 7.58. The molecule has 1 saturated carbocycles. The third-order valence-electron chi connectivity index (χ3n) is 7.58. The largest absolute Gasteiger partial charge is 0.496 e. The van der Waals surface area contributed by atoms with Crippen LogP contribution in [0.1, 0.15) is 59.8 Å². The molecule has 2 heterocycles. The molecule has 2 N–H and O–H groups in total. The van der Waals surface area contributed by atoms with E-state index in [1.165, 1.54) is 7.11 Å². The molecule has 0 saturated heterocycles. The number of carbonyl (C=O) groups is 1. The van der Waals surface area contributed by atoms with Crippen molar-refractivity contribution in [2.75, 3.05) is 32.6 Å². The second-order valence-electron chi connectivity index (χ2n) is 9.95. The summed E-state index contributed by atoms with van der Waals surface area (Å²) in [5, 5.41) is 3.72. The van der Waals surface area contributed by atoms with Crippen molar-refractivity contribution >= 4 is 22.6 Å². The first-order valence-corrected chi connectivity index (χ1v) is 12.7. The quantitative estimate of drug-likeness (QED) is 0.483. The van der Waals surface area contributed by atoms with Gasteiger partial charge in [0.2, 0.25) is 0 Å². The van der Waals surface area contributed by atoms with E-state index in [4.69, 9.17) is 9.15 Å². The van der Waals surface area contributed by atoms with Gasteiger partial charge < -0.3 is 29.3 Å². The number of aryl methyl sites for hydroxylation is 1. The molecular formula is C28H38N4O4. The number of hydrogen-bond acceptors (Lipinski definition) is 6. The van der Waals surface area contributed by atoms with Crippen LogP contribution in [0.4, 0.5) is 5.69 Å². The highest BCUT2D eigenvalue weighted by Gasteiger charge is 2.29. The Kier molecular flexibility index (Phi) is 7.73. The van der Waals surface area contributed by atoms with Crippen LogP contribution in [0.2, 0.25) is 0 Å². The Morgan fingerprint density at radius 1 is 1.17 bits per heavy atom. The highest BCUT2D eigenvalue weighted by atomic mass is 16.5. The lowest BCUT2D eigenvalue weighted by Crippen LogP contribution is -2.42. The minimum atomic E-state index is -0.267. The number of furan rings is 1. The van der Waals surface area contributed by atoms with Gasteiger partial charge in [-0.05, 0) is 78.2 Å². The Morgan fingerprint density at radius 3 is 2.50 bits per heavy atom. The second kappa shape index (κ2) is 10.8. The summed E-state index contributed by atoms with van der Waals surface area (Å²) in [5.41, 5.74) is 4.05. The third kappa shape index (κ3) is 5.00. The summed E-state index contributed by atoms with van der Waals surface area (Å²) < 4.78 is 11.2. The molecule has 8 nitrogen and oxygen atoms in total. The fraction of sp³-hybridized carbons (Fsp3) is 0.500. The number of anilines is 1. The topological polar surface area (TPSA) is 90.8 Å². The van der Waals surface area contributed by atoms with Crippen LogP contribution in [0.15, 0.2) is 33.7 Å². The zero-order chi connectivity index (χ0) is 26.0. The number of amides is 1. The van der Waals surface area contributed by atoms with E-state index in [2.05, 4.69) is 47.2 Å². The fourth-order valence-electron chi connectivity index (χ4n) is 5.60. The van der Waals surface area contributed by atoms with Crippen LogP contribution in [-0.4, -0.2) is 55.6 Å². The average Bonchev–Trinajstić information content (AvgIpc) is 3.32. The van der Waals surface area contributed by atoms with Gasteiger partial charge in [0.1, 0.15) is 11.3 Å². The van der Waals surface area contributed by atoms with Crippen molar-refractivity contribution in [2.45, 2.75) is 65.1 Å². The molecule has 1 fully saturated rings. The number of nitrogens with one attached hydrogen (secondary N) is 2. The summed E-state index contributed by atoms with van der Waals surface area (Å²) in [5.74, 6) is 0.219. The zero-order valence-corrected chi connectivity index (χ0v) is 22.2. The van der Waals surface area contributed by atoms with E-state index in [0.717, 1.165) is 48.9 Å². The zero-order valence-electron chi connectivity index (χ0n) is 22.2. The molecule has 8 heteroatoms. The van der Waals surface area contributed by atoms with E-state index in [9.17, 15) is 9.59 Å². The van der Waals surface area contributed by atoms with Gasteiger partial charge in [-0.15, -0.1) is 0 Å². The normalized spacial score (nSPS) is 18.0. The number of benzene rings is 1. The standard InChI is InChI=1S/C28H38N4O4/c1-7-32(20-10-8-19(9-11-20)31(4)5)23-15-25-21(12-13-36-25)26(18(23)3)28(34)29-16-22-24(35-6)14-17(2)30-27(22)33/h12-15,19-20H,7-11,16H2,1-6H3,(H,29,34)(H,30,33)/t19-,20-. The second-order valence-corrected chi connectivity index (χ2v) is 9.95. The van der Waals surface area contributed by atoms with Crippen LogP contribution in [0.25, 0.3) is 11.0 Å². The van der Waals surface area contributed by atoms with Gasteiger partial charge in [0, 0.05) is 41.5 Å². The van der Waals surface area contributed by atoms with E-state index < -0.39 is 0 Å². The molecule has 0 aliphatic heterocycles. The molecule has 36 heavy (non-hydrogen) atoms. The summed E-state index contributed by atoms with van der Waals surface area (Å²) in [6.45, 7) is 6.88. The maximum atomic E-state index is 13.6. The average molecular weight is 495 g/mol. The summed E-state index contributed by atoms with van der Waals surface area (Å²) in [6.07, 6.45) is 6.18.